The number of amides is 2. The predicted octanol–water partition coefficient (Wildman–Crippen LogP) is -0.0871. The summed E-state index contributed by atoms with van der Waals surface area (Å²) in [6.45, 7) is 5.69. The molecule has 1 saturated carbocycles. The summed E-state index contributed by atoms with van der Waals surface area (Å²) in [4.78, 5) is 25.7. The van der Waals surface area contributed by atoms with E-state index in [0.717, 1.165) is 30.2 Å². The number of sulfonamides is 1. The molecule has 0 atom stereocenters. The number of hydrogen-bond donors (Lipinski definition) is 1. The van der Waals surface area contributed by atoms with Gasteiger partial charge in [-0.3, -0.25) is 9.59 Å². The zero-order valence-electron chi connectivity index (χ0n) is 13.2. The summed E-state index contributed by atoms with van der Waals surface area (Å²) in [6, 6.07) is 0.0446. The van der Waals surface area contributed by atoms with Gasteiger partial charge in [0, 0.05) is 25.0 Å². The van der Waals surface area contributed by atoms with Gasteiger partial charge in [0.25, 0.3) is 0 Å². The molecule has 0 bridgehead atoms. The van der Waals surface area contributed by atoms with Gasteiger partial charge in [-0.25, -0.2) is 12.7 Å². The minimum Gasteiger partial charge on any atom is -0.369 e. The van der Waals surface area contributed by atoms with Crippen molar-refractivity contribution < 1.29 is 18.0 Å². The minimum absolute atomic E-state index is 0.203. The average molecular weight is 331 g/mol. The van der Waals surface area contributed by atoms with Crippen LogP contribution >= 0.6 is 0 Å². The zero-order valence-corrected chi connectivity index (χ0v) is 14.0. The van der Waals surface area contributed by atoms with E-state index < -0.39 is 21.7 Å². The number of hydrogen-bond acceptors (Lipinski definition) is 5. The molecule has 8 heteroatoms. The first kappa shape index (κ1) is 17.2. The van der Waals surface area contributed by atoms with Crippen LogP contribution in [0.5, 0.6) is 0 Å². The van der Waals surface area contributed by atoms with Crippen molar-refractivity contribution in [3.8, 4) is 0 Å². The van der Waals surface area contributed by atoms with Gasteiger partial charge in [0.05, 0.1) is 6.04 Å². The van der Waals surface area contributed by atoms with E-state index in [0.29, 0.717) is 18.9 Å². The standard InChI is InChI=1S/C14H25N3O4S/c1-10(2)16-7-5-12(6-8-16)17(14(19)11-3-4-11)22(20,21)9-13(15)18/h10-12H,3-9H2,1-2H3,(H2,15,18). The van der Waals surface area contributed by atoms with Crippen LogP contribution in [0, 0.1) is 5.92 Å². The smallest absolute Gasteiger partial charge is 0.246 e. The number of rotatable bonds is 6. The molecule has 0 unspecified atom stereocenters. The number of piperidine rings is 1. The second-order valence-corrected chi connectivity index (χ2v) is 8.34. The van der Waals surface area contributed by atoms with E-state index in [4.69, 9.17) is 5.73 Å². The van der Waals surface area contributed by atoms with Crippen molar-refractivity contribution in [1.82, 2.24) is 9.21 Å². The van der Waals surface area contributed by atoms with Gasteiger partial charge in [-0.2, -0.15) is 0 Å². The van der Waals surface area contributed by atoms with Crippen molar-refractivity contribution in [2.45, 2.75) is 51.6 Å². The molecule has 1 heterocycles. The highest BCUT2D eigenvalue weighted by atomic mass is 32.2. The van der Waals surface area contributed by atoms with Crippen LogP contribution in [0.4, 0.5) is 0 Å². The summed E-state index contributed by atoms with van der Waals surface area (Å²) in [5, 5.41) is 0. The molecule has 7 nitrogen and oxygen atoms in total. The van der Waals surface area contributed by atoms with Crippen LogP contribution in [0.25, 0.3) is 0 Å². The van der Waals surface area contributed by atoms with Crippen molar-refractivity contribution in [2.24, 2.45) is 11.7 Å². The van der Waals surface area contributed by atoms with Gasteiger partial charge in [0.1, 0.15) is 5.75 Å². The second-order valence-electron chi connectivity index (χ2n) is 6.49. The van der Waals surface area contributed by atoms with Crippen LogP contribution < -0.4 is 5.73 Å². The molecule has 0 aromatic heterocycles. The SMILES string of the molecule is CC(C)N1CCC(N(C(=O)C2CC2)S(=O)(=O)CC(N)=O)CC1. The highest BCUT2D eigenvalue weighted by molar-refractivity contribution is 7.90. The summed E-state index contributed by atoms with van der Waals surface area (Å²) >= 11 is 0. The lowest BCUT2D eigenvalue weighted by molar-refractivity contribution is -0.130. The fourth-order valence-corrected chi connectivity index (χ4v) is 4.53. The first-order valence-corrected chi connectivity index (χ1v) is 9.41. The fourth-order valence-electron chi connectivity index (χ4n) is 2.94. The lowest BCUT2D eigenvalue weighted by Crippen LogP contribution is -2.53. The predicted molar refractivity (Wildman–Crippen MR) is 82.3 cm³/mol. The van der Waals surface area contributed by atoms with Crippen LogP contribution in [-0.2, 0) is 19.6 Å². The van der Waals surface area contributed by atoms with Crippen LogP contribution in [0.3, 0.4) is 0 Å². The Bertz CT molecular complexity index is 534. The Morgan fingerprint density at radius 1 is 1.18 bits per heavy atom. The third-order valence-corrected chi connectivity index (χ3v) is 6.06. The maximum atomic E-state index is 12.4. The Morgan fingerprint density at radius 2 is 1.73 bits per heavy atom. The molecule has 1 aliphatic carbocycles. The van der Waals surface area contributed by atoms with Gasteiger partial charge in [0.15, 0.2) is 0 Å². The number of nitrogens with two attached hydrogens (primary N) is 1. The van der Waals surface area contributed by atoms with Crippen LogP contribution in [-0.4, -0.2) is 60.4 Å². The van der Waals surface area contributed by atoms with Crippen molar-refractivity contribution in [3.05, 3.63) is 0 Å². The molecule has 0 aromatic rings. The maximum Gasteiger partial charge on any atom is 0.246 e. The molecule has 1 saturated heterocycles. The maximum absolute atomic E-state index is 12.4. The summed E-state index contributed by atoms with van der Waals surface area (Å²) in [5.41, 5.74) is 5.04. The van der Waals surface area contributed by atoms with E-state index in [-0.39, 0.29) is 17.9 Å². The zero-order chi connectivity index (χ0) is 16.5. The van der Waals surface area contributed by atoms with Crippen molar-refractivity contribution in [2.75, 3.05) is 18.8 Å². The van der Waals surface area contributed by atoms with E-state index in [1.54, 1.807) is 0 Å². The van der Waals surface area contributed by atoms with E-state index in [1.165, 1.54) is 0 Å². The highest BCUT2D eigenvalue weighted by Gasteiger charge is 2.43. The largest absolute Gasteiger partial charge is 0.369 e. The van der Waals surface area contributed by atoms with Gasteiger partial charge >= 0.3 is 0 Å². The normalized spacial score (nSPS) is 21.0. The number of likely N-dealkylation sites (tertiary alicyclic amines) is 1. The molecular formula is C14H25N3O4S. The third-order valence-electron chi connectivity index (χ3n) is 4.33. The van der Waals surface area contributed by atoms with E-state index in [9.17, 15) is 18.0 Å². The Hall–Kier alpha value is -1.15. The summed E-state index contributed by atoms with van der Waals surface area (Å²) in [7, 11) is -3.97. The van der Waals surface area contributed by atoms with Gasteiger partial charge in [-0.05, 0) is 39.5 Å². The lowest BCUT2D eigenvalue weighted by Gasteiger charge is -2.39. The quantitative estimate of drug-likeness (QED) is 0.733. The highest BCUT2D eigenvalue weighted by Crippen LogP contribution is 2.34. The number of carbonyl (C=O) groups is 2. The van der Waals surface area contributed by atoms with Crippen LogP contribution in [0.15, 0.2) is 0 Å². The van der Waals surface area contributed by atoms with Crippen LogP contribution in [0.1, 0.15) is 39.5 Å². The summed E-state index contributed by atoms with van der Waals surface area (Å²) in [5.74, 6) is -2.28. The molecule has 22 heavy (non-hydrogen) atoms. The molecule has 2 fully saturated rings. The first-order valence-electron chi connectivity index (χ1n) is 7.80. The Labute approximate surface area is 131 Å². The number of carbonyl (C=O) groups excluding carboxylic acids is 2. The van der Waals surface area contributed by atoms with Crippen molar-refractivity contribution >= 4 is 21.8 Å². The van der Waals surface area contributed by atoms with Gasteiger partial charge in [-0.1, -0.05) is 0 Å². The van der Waals surface area contributed by atoms with E-state index >= 15 is 0 Å². The molecule has 126 valence electrons. The fraction of sp³-hybridized carbons (Fsp3) is 0.857. The molecule has 2 amide bonds. The van der Waals surface area contributed by atoms with E-state index in [2.05, 4.69) is 18.7 Å². The Kier molecular flexibility index (Phi) is 5.11. The monoisotopic (exact) mass is 331 g/mol. The summed E-state index contributed by atoms with van der Waals surface area (Å²) < 4.78 is 25.8. The molecule has 0 radical (unpaired) electrons. The number of nitrogens with zero attached hydrogens (tertiary/aromatic N) is 2. The Morgan fingerprint density at radius 3 is 2.14 bits per heavy atom. The van der Waals surface area contributed by atoms with Crippen molar-refractivity contribution in [1.29, 1.82) is 0 Å². The Balaban J connectivity index is 2.15. The molecule has 0 aromatic carbocycles. The topological polar surface area (TPSA) is 101 Å². The molecule has 0 spiro atoms. The molecular weight excluding hydrogens is 306 g/mol. The van der Waals surface area contributed by atoms with Gasteiger partial charge in [-0.15, -0.1) is 0 Å². The molecule has 1 aliphatic heterocycles. The van der Waals surface area contributed by atoms with Gasteiger partial charge in [0.2, 0.25) is 21.8 Å². The minimum atomic E-state index is -3.97. The van der Waals surface area contributed by atoms with E-state index in [1.807, 2.05) is 0 Å². The molecule has 2 rings (SSSR count). The molecule has 2 N–H and O–H groups in total. The third kappa shape index (κ3) is 3.98. The van der Waals surface area contributed by atoms with Crippen molar-refractivity contribution in [3.63, 3.8) is 0 Å². The average Bonchev–Trinajstić information content (AvgIpc) is 3.21. The second kappa shape index (κ2) is 6.54. The van der Waals surface area contributed by atoms with Gasteiger partial charge < -0.3 is 10.6 Å². The van der Waals surface area contributed by atoms with Crippen LogP contribution in [0.2, 0.25) is 0 Å². The summed E-state index contributed by atoms with van der Waals surface area (Å²) in [6.07, 6.45) is 2.67. The molecule has 2 aliphatic rings. The lowest BCUT2D eigenvalue weighted by atomic mass is 10.0. The first-order chi connectivity index (χ1) is 10.2. The number of primary amides is 1.